The van der Waals surface area contributed by atoms with E-state index in [1.165, 1.54) is 9.26 Å². The first-order chi connectivity index (χ1) is 4.75. The second-order valence-electron chi connectivity index (χ2n) is 2.09. The van der Waals surface area contributed by atoms with Crippen molar-refractivity contribution in [3.05, 3.63) is 15.5 Å². The molecule has 2 N–H and O–H groups in total. The molecule has 0 fully saturated rings. The van der Waals surface area contributed by atoms with Crippen molar-refractivity contribution >= 4 is 22.6 Å². The van der Waals surface area contributed by atoms with Crippen LogP contribution in [0.15, 0.2) is 6.20 Å². The summed E-state index contributed by atoms with van der Waals surface area (Å²) in [6.45, 7) is 3.51. The van der Waals surface area contributed by atoms with Crippen LogP contribution in [0, 0.1) is 10.5 Å². The van der Waals surface area contributed by atoms with Gasteiger partial charge in [-0.25, -0.2) is 0 Å². The van der Waals surface area contributed by atoms with E-state index < -0.39 is 0 Å². The van der Waals surface area contributed by atoms with Crippen molar-refractivity contribution in [3.63, 3.8) is 0 Å². The molecule has 0 radical (unpaired) electrons. The van der Waals surface area contributed by atoms with Gasteiger partial charge in [-0.2, -0.15) is 5.10 Å². The molecule has 1 aromatic rings. The number of rotatable bonds is 2. The third kappa shape index (κ3) is 1.49. The molecule has 1 aromatic heterocycles. The van der Waals surface area contributed by atoms with Crippen molar-refractivity contribution in [1.82, 2.24) is 9.78 Å². The molecular weight excluding hydrogens is 241 g/mol. The summed E-state index contributed by atoms with van der Waals surface area (Å²) >= 11 is 2.26. The van der Waals surface area contributed by atoms with Crippen LogP contribution in [-0.4, -0.2) is 16.3 Å². The maximum Gasteiger partial charge on any atom is 0.0626 e. The highest BCUT2D eigenvalue weighted by molar-refractivity contribution is 14.1. The maximum atomic E-state index is 5.38. The summed E-state index contributed by atoms with van der Waals surface area (Å²) in [6.07, 6.45) is 1.85. The molecule has 1 heterocycles. The van der Waals surface area contributed by atoms with Crippen LogP contribution >= 0.6 is 22.6 Å². The van der Waals surface area contributed by atoms with Crippen LogP contribution in [-0.2, 0) is 6.54 Å². The number of hydrogen-bond acceptors (Lipinski definition) is 2. The lowest BCUT2D eigenvalue weighted by Crippen LogP contribution is -2.12. The number of aromatic nitrogens is 2. The highest BCUT2D eigenvalue weighted by atomic mass is 127. The van der Waals surface area contributed by atoms with Gasteiger partial charge in [0.05, 0.1) is 16.3 Å². The van der Waals surface area contributed by atoms with Crippen LogP contribution in [0.2, 0.25) is 0 Å². The van der Waals surface area contributed by atoms with Crippen molar-refractivity contribution in [2.45, 2.75) is 13.5 Å². The van der Waals surface area contributed by atoms with E-state index in [1.807, 2.05) is 17.8 Å². The first kappa shape index (κ1) is 8.00. The third-order valence-corrected chi connectivity index (χ3v) is 2.44. The largest absolute Gasteiger partial charge is 0.329 e. The summed E-state index contributed by atoms with van der Waals surface area (Å²) in [6, 6.07) is 0. The summed E-state index contributed by atoms with van der Waals surface area (Å²) in [5, 5.41) is 4.13. The van der Waals surface area contributed by atoms with Gasteiger partial charge in [-0.1, -0.05) is 0 Å². The fraction of sp³-hybridized carbons (Fsp3) is 0.500. The zero-order valence-electron chi connectivity index (χ0n) is 5.84. The van der Waals surface area contributed by atoms with Crippen LogP contribution in [0.25, 0.3) is 0 Å². The van der Waals surface area contributed by atoms with E-state index in [1.54, 1.807) is 0 Å². The van der Waals surface area contributed by atoms with E-state index in [2.05, 4.69) is 27.7 Å². The first-order valence-electron chi connectivity index (χ1n) is 3.13. The van der Waals surface area contributed by atoms with Crippen LogP contribution in [0.1, 0.15) is 5.69 Å². The second-order valence-corrected chi connectivity index (χ2v) is 3.25. The van der Waals surface area contributed by atoms with E-state index in [9.17, 15) is 0 Å². The molecule has 0 spiro atoms. The normalized spacial score (nSPS) is 10.3. The Balaban J connectivity index is 2.83. The lowest BCUT2D eigenvalue weighted by atomic mass is 10.5. The maximum absolute atomic E-state index is 5.38. The van der Waals surface area contributed by atoms with Gasteiger partial charge in [-0.05, 0) is 29.5 Å². The molecule has 0 saturated heterocycles. The smallest absolute Gasteiger partial charge is 0.0626 e. The van der Waals surface area contributed by atoms with Gasteiger partial charge in [-0.3, -0.25) is 4.68 Å². The number of nitrogens with two attached hydrogens (primary N) is 1. The van der Waals surface area contributed by atoms with E-state index >= 15 is 0 Å². The van der Waals surface area contributed by atoms with Crippen LogP contribution in [0.4, 0.5) is 0 Å². The minimum atomic E-state index is 0.651. The van der Waals surface area contributed by atoms with E-state index in [-0.39, 0.29) is 0 Å². The minimum absolute atomic E-state index is 0.651. The van der Waals surface area contributed by atoms with Gasteiger partial charge in [0, 0.05) is 12.2 Å². The van der Waals surface area contributed by atoms with E-state index in [0.717, 1.165) is 6.54 Å². The summed E-state index contributed by atoms with van der Waals surface area (Å²) < 4.78 is 3.12. The molecule has 3 nitrogen and oxygen atoms in total. The quantitative estimate of drug-likeness (QED) is 0.788. The zero-order chi connectivity index (χ0) is 7.56. The number of hydrogen-bond donors (Lipinski definition) is 1. The molecule has 0 aromatic carbocycles. The molecular formula is C6H10IN3. The van der Waals surface area contributed by atoms with Crippen LogP contribution in [0.5, 0.6) is 0 Å². The van der Waals surface area contributed by atoms with Crippen molar-refractivity contribution in [1.29, 1.82) is 0 Å². The van der Waals surface area contributed by atoms with Gasteiger partial charge >= 0.3 is 0 Å². The van der Waals surface area contributed by atoms with E-state index in [0.29, 0.717) is 6.54 Å². The van der Waals surface area contributed by atoms with Crippen molar-refractivity contribution in [3.8, 4) is 0 Å². The Kier molecular flexibility index (Phi) is 2.67. The van der Waals surface area contributed by atoms with Crippen molar-refractivity contribution < 1.29 is 0 Å². The number of halogens is 1. The molecule has 0 aliphatic carbocycles. The fourth-order valence-electron chi connectivity index (χ4n) is 0.771. The summed E-state index contributed by atoms with van der Waals surface area (Å²) in [7, 11) is 0. The molecule has 0 aliphatic heterocycles. The first-order valence-corrected chi connectivity index (χ1v) is 4.21. The number of nitrogens with zero attached hydrogens (tertiary/aromatic N) is 2. The molecule has 56 valence electrons. The molecule has 0 bridgehead atoms. The Labute approximate surface area is 73.7 Å². The van der Waals surface area contributed by atoms with Crippen LogP contribution < -0.4 is 5.73 Å². The van der Waals surface area contributed by atoms with Crippen LogP contribution in [0.3, 0.4) is 0 Å². The molecule has 10 heavy (non-hydrogen) atoms. The highest BCUT2D eigenvalue weighted by Gasteiger charge is 2.00. The predicted octanol–water partition coefficient (Wildman–Crippen LogP) is 0.755. The lowest BCUT2D eigenvalue weighted by molar-refractivity contribution is 0.607. The van der Waals surface area contributed by atoms with Gasteiger partial charge in [-0.15, -0.1) is 0 Å². The third-order valence-electron chi connectivity index (χ3n) is 1.38. The minimum Gasteiger partial charge on any atom is -0.329 e. The fourth-order valence-corrected chi connectivity index (χ4v) is 1.17. The van der Waals surface area contributed by atoms with Crippen molar-refractivity contribution in [2.24, 2.45) is 5.73 Å². The molecule has 4 heteroatoms. The van der Waals surface area contributed by atoms with Crippen molar-refractivity contribution in [2.75, 3.05) is 6.54 Å². The summed E-state index contributed by atoms with van der Waals surface area (Å²) in [5.74, 6) is 0. The van der Waals surface area contributed by atoms with Gasteiger partial charge in [0.2, 0.25) is 0 Å². The Hall–Kier alpha value is -0.100. The lowest BCUT2D eigenvalue weighted by Gasteiger charge is -1.99. The predicted molar refractivity (Wildman–Crippen MR) is 48.7 cm³/mol. The molecule has 0 saturated carbocycles. The average Bonchev–Trinajstić information content (AvgIpc) is 2.20. The summed E-state index contributed by atoms with van der Waals surface area (Å²) in [5.41, 5.74) is 6.58. The zero-order valence-corrected chi connectivity index (χ0v) is 8.00. The molecule has 0 amide bonds. The monoisotopic (exact) mass is 251 g/mol. The Morgan fingerprint density at radius 3 is 2.90 bits per heavy atom. The Morgan fingerprint density at radius 2 is 2.50 bits per heavy atom. The molecule has 0 aliphatic rings. The molecule has 1 rings (SSSR count). The van der Waals surface area contributed by atoms with Gasteiger partial charge < -0.3 is 5.73 Å². The topological polar surface area (TPSA) is 43.8 Å². The SMILES string of the molecule is Cc1c(I)cnn1CCN. The molecule has 0 unspecified atom stereocenters. The molecule has 0 atom stereocenters. The standard InChI is InChI=1S/C6H10IN3/c1-5-6(7)4-9-10(5)3-2-8/h4H,2-3,8H2,1H3. The summed E-state index contributed by atoms with van der Waals surface area (Å²) in [4.78, 5) is 0. The average molecular weight is 251 g/mol. The van der Waals surface area contributed by atoms with Gasteiger partial charge in [0.1, 0.15) is 0 Å². The highest BCUT2D eigenvalue weighted by Crippen LogP contribution is 2.08. The second kappa shape index (κ2) is 3.34. The van der Waals surface area contributed by atoms with Gasteiger partial charge in [0.15, 0.2) is 0 Å². The van der Waals surface area contributed by atoms with E-state index in [4.69, 9.17) is 5.73 Å². The Bertz CT molecular complexity index is 219. The van der Waals surface area contributed by atoms with Gasteiger partial charge in [0.25, 0.3) is 0 Å². The Morgan fingerprint density at radius 1 is 1.80 bits per heavy atom.